The zero-order valence-corrected chi connectivity index (χ0v) is 32.7. The number of allylic oxidation sites excluding steroid dienone is 1. The summed E-state index contributed by atoms with van der Waals surface area (Å²) in [4.78, 5) is 89.5. The number of amidine groups is 1. The number of ether oxygens (including phenoxy) is 1. The molecule has 3 aliphatic rings. The lowest BCUT2D eigenvalue weighted by atomic mass is 9.87. The Hall–Kier alpha value is -2.28. The van der Waals surface area contributed by atoms with Crippen LogP contribution in [0.2, 0.25) is 0 Å². The fraction of sp³-hybridized carbons (Fsp3) is 0.692. The standard InChI is InChI=1S/C26H44N7O17P3S/c1-4-15(34)5-7-26-20(22(27)30-13-32-26)31-14-33(26)24-18(36)19(49-51(39,40)41)16(48-24)11-46-52(42,43)50-53(44,45)47-12-25(2,3)21(37)23(38)29-8-6-17(35)28-9-10-54/h5,7,13,16,18-19,21,24,36-37,54H,4,6,8-12,14H2,1-3H3,(H,28,35)(H,29,38)(H,42,43)(H,44,45)(H2,27,30,32)(H2,39,40,41)/t16-,18-,19-,21?,24-,26?/m1/s1. The van der Waals surface area contributed by atoms with Gasteiger partial charge in [-0.2, -0.15) is 16.9 Å². The van der Waals surface area contributed by atoms with Gasteiger partial charge in [0.2, 0.25) is 11.8 Å². The van der Waals surface area contributed by atoms with E-state index in [4.69, 9.17) is 24.0 Å². The molecule has 306 valence electrons. The van der Waals surface area contributed by atoms with E-state index >= 15 is 0 Å². The number of aliphatic hydroxyl groups excluding tert-OH is 2. The van der Waals surface area contributed by atoms with E-state index in [0.717, 1.165) is 6.34 Å². The quantitative estimate of drug-likeness (QED) is 0.0342. The first-order valence-corrected chi connectivity index (χ1v) is 21.1. The molecule has 0 aromatic carbocycles. The van der Waals surface area contributed by atoms with Crippen LogP contribution in [-0.2, 0) is 50.7 Å². The third-order valence-corrected chi connectivity index (χ3v) is 11.2. The number of nitrogens with one attached hydrogen (secondary N) is 2. The molecule has 0 bridgehead atoms. The molecular weight excluding hydrogens is 807 g/mol. The van der Waals surface area contributed by atoms with Crippen molar-refractivity contribution in [3.8, 4) is 0 Å². The van der Waals surface area contributed by atoms with E-state index in [1.165, 1.54) is 30.9 Å². The topological polar surface area (TPSA) is 360 Å². The molecule has 3 heterocycles. The lowest BCUT2D eigenvalue weighted by molar-refractivity contribution is -0.137. The summed E-state index contributed by atoms with van der Waals surface area (Å²) >= 11 is 3.96. The second-order valence-electron chi connectivity index (χ2n) is 12.5. The van der Waals surface area contributed by atoms with Crippen molar-refractivity contribution in [2.24, 2.45) is 26.1 Å². The van der Waals surface area contributed by atoms with Crippen molar-refractivity contribution in [3.05, 3.63) is 12.2 Å². The summed E-state index contributed by atoms with van der Waals surface area (Å²) in [6.45, 7) is 1.89. The number of hydrogen-bond acceptors (Lipinski definition) is 19. The number of thiol groups is 1. The van der Waals surface area contributed by atoms with Crippen LogP contribution in [-0.4, -0.2) is 145 Å². The van der Waals surface area contributed by atoms with Gasteiger partial charge < -0.3 is 50.9 Å². The molecule has 3 rings (SSSR count). The molecule has 10 N–H and O–H groups in total. The first-order valence-electron chi connectivity index (χ1n) is 16.0. The lowest BCUT2D eigenvalue weighted by Gasteiger charge is -2.38. The number of phosphoric acid groups is 3. The van der Waals surface area contributed by atoms with Crippen LogP contribution in [0.5, 0.6) is 0 Å². The number of carbonyl (C=O) groups excluding carboxylic acids is 3. The highest BCUT2D eigenvalue weighted by Gasteiger charge is 2.58. The fourth-order valence-corrected chi connectivity index (χ4v) is 8.02. The molecule has 0 radical (unpaired) electrons. The average Bonchev–Trinajstić information content (AvgIpc) is 3.60. The van der Waals surface area contributed by atoms with Crippen molar-refractivity contribution in [2.75, 3.05) is 38.7 Å². The third-order valence-electron chi connectivity index (χ3n) is 7.87. The Morgan fingerprint density at radius 1 is 1.17 bits per heavy atom. The monoisotopic (exact) mass is 851 g/mol. The van der Waals surface area contributed by atoms with Gasteiger partial charge in [0.15, 0.2) is 17.3 Å². The van der Waals surface area contributed by atoms with Crippen molar-refractivity contribution in [3.63, 3.8) is 0 Å². The number of rotatable bonds is 21. The van der Waals surface area contributed by atoms with Crippen LogP contribution in [0.15, 0.2) is 27.1 Å². The molecular formula is C26H44N7O17P3S. The maximum Gasteiger partial charge on any atom is 0.481 e. The Morgan fingerprint density at radius 3 is 2.46 bits per heavy atom. The van der Waals surface area contributed by atoms with Crippen molar-refractivity contribution >= 4 is 71.6 Å². The van der Waals surface area contributed by atoms with Crippen molar-refractivity contribution < 1.29 is 80.5 Å². The van der Waals surface area contributed by atoms with Gasteiger partial charge in [-0.3, -0.25) is 32.9 Å². The first-order chi connectivity index (χ1) is 25.0. The minimum Gasteiger partial charge on any atom is -0.386 e. The van der Waals surface area contributed by atoms with E-state index in [1.54, 1.807) is 6.92 Å². The molecule has 0 saturated carbocycles. The number of hydrogen-bond donors (Lipinski definition) is 10. The summed E-state index contributed by atoms with van der Waals surface area (Å²) in [6.07, 6.45) is -5.68. The molecule has 0 aliphatic carbocycles. The van der Waals surface area contributed by atoms with Gasteiger partial charge in [0.25, 0.3) is 0 Å². The van der Waals surface area contributed by atoms with Crippen molar-refractivity contribution in [2.45, 2.75) is 69.9 Å². The molecule has 0 aromatic rings. The summed E-state index contributed by atoms with van der Waals surface area (Å²) in [5, 5.41) is 26.5. The maximum atomic E-state index is 12.8. The Morgan fingerprint density at radius 2 is 1.83 bits per heavy atom. The molecule has 2 amide bonds. The Bertz CT molecular complexity index is 1680. The number of carbonyl (C=O) groups is 3. The normalized spacial score (nSPS) is 27.4. The zero-order valence-electron chi connectivity index (χ0n) is 29.1. The van der Waals surface area contributed by atoms with E-state index in [-0.39, 0.29) is 49.3 Å². The van der Waals surface area contributed by atoms with Crippen LogP contribution in [0, 0.1) is 5.41 Å². The third kappa shape index (κ3) is 12.4. The minimum atomic E-state index is -5.61. The highest BCUT2D eigenvalue weighted by atomic mass is 32.1. The Labute approximate surface area is 314 Å². The second kappa shape index (κ2) is 18.8. The zero-order chi connectivity index (χ0) is 40.7. The average molecular weight is 852 g/mol. The van der Waals surface area contributed by atoms with E-state index in [1.807, 2.05) is 0 Å². The molecule has 54 heavy (non-hydrogen) atoms. The van der Waals surface area contributed by atoms with Gasteiger partial charge in [-0.05, 0) is 12.2 Å². The van der Waals surface area contributed by atoms with Gasteiger partial charge in [-0.25, -0.2) is 28.6 Å². The maximum absolute atomic E-state index is 12.8. The fourth-order valence-electron chi connectivity index (χ4n) is 5.08. The summed E-state index contributed by atoms with van der Waals surface area (Å²) in [6, 6.07) is 0. The van der Waals surface area contributed by atoms with Crippen LogP contribution < -0.4 is 16.4 Å². The largest absolute Gasteiger partial charge is 0.481 e. The van der Waals surface area contributed by atoms with E-state index in [0.29, 0.717) is 12.3 Å². The van der Waals surface area contributed by atoms with E-state index in [2.05, 4.69) is 42.6 Å². The molecule has 1 saturated heterocycles. The minimum absolute atomic E-state index is 0.0425. The molecule has 8 atom stereocenters. The molecule has 3 aliphatic heterocycles. The van der Waals surface area contributed by atoms with Gasteiger partial charge in [-0.15, -0.1) is 0 Å². The predicted octanol–water partition coefficient (Wildman–Crippen LogP) is -1.92. The summed E-state index contributed by atoms with van der Waals surface area (Å²) in [5.41, 5.74) is 2.73. The first kappa shape index (κ1) is 46.1. The number of amides is 2. The second-order valence-corrected chi connectivity index (χ2v) is 17.1. The molecule has 28 heteroatoms. The summed E-state index contributed by atoms with van der Waals surface area (Å²) in [5.74, 6) is -1.37. The number of nitrogens with zero attached hydrogens (tertiary/aromatic N) is 4. The number of nitrogens with two attached hydrogens (primary N) is 1. The van der Waals surface area contributed by atoms with Crippen molar-refractivity contribution in [1.82, 2.24) is 15.5 Å². The Kier molecular flexibility index (Phi) is 16.0. The van der Waals surface area contributed by atoms with Crippen LogP contribution >= 0.6 is 36.1 Å². The van der Waals surface area contributed by atoms with Crippen LogP contribution in [0.3, 0.4) is 0 Å². The molecule has 4 unspecified atom stereocenters. The summed E-state index contributed by atoms with van der Waals surface area (Å²) < 4.78 is 61.6. The molecule has 0 aromatic heterocycles. The molecule has 1 fully saturated rings. The predicted molar refractivity (Wildman–Crippen MR) is 190 cm³/mol. The van der Waals surface area contributed by atoms with Gasteiger partial charge in [0, 0.05) is 37.1 Å². The highest BCUT2D eigenvalue weighted by molar-refractivity contribution is 7.80. The number of fused-ring (bicyclic) bond motifs is 1. The number of ketones is 1. The molecule has 0 spiro atoms. The number of phosphoric ester groups is 3. The van der Waals surface area contributed by atoms with Crippen molar-refractivity contribution in [1.29, 1.82) is 0 Å². The highest BCUT2D eigenvalue weighted by Crippen LogP contribution is 2.61. The van der Waals surface area contributed by atoms with Gasteiger partial charge in [0.1, 0.15) is 42.7 Å². The van der Waals surface area contributed by atoms with E-state index < -0.39 is 84.3 Å². The Balaban J connectivity index is 1.68. The van der Waals surface area contributed by atoms with E-state index in [9.17, 15) is 57.9 Å². The number of aliphatic hydroxyl groups is 2. The smallest absolute Gasteiger partial charge is 0.386 e. The van der Waals surface area contributed by atoms with Gasteiger partial charge in [-0.1, -0.05) is 20.8 Å². The van der Waals surface area contributed by atoms with Crippen LogP contribution in [0.25, 0.3) is 0 Å². The number of aliphatic imine (C=N–C) groups is 3. The van der Waals surface area contributed by atoms with Crippen LogP contribution in [0.4, 0.5) is 0 Å². The SMILES string of the molecule is CCC(=O)C=CC12N=CN=C(N)C1=NCN2[C@@H]1O[C@H](COP(=O)(O)OP(=O)(O)OCC(C)(C)C(O)C(=O)NCCC(=O)NCCS)[C@@H](OP(=O)(O)O)[C@H]1O. The van der Waals surface area contributed by atoms with Gasteiger partial charge in [0.05, 0.1) is 19.9 Å². The van der Waals surface area contributed by atoms with Crippen LogP contribution in [0.1, 0.15) is 33.6 Å². The van der Waals surface area contributed by atoms with Gasteiger partial charge >= 0.3 is 23.5 Å². The summed E-state index contributed by atoms with van der Waals surface area (Å²) in [7, 11) is -16.5. The lowest BCUT2D eigenvalue weighted by Crippen LogP contribution is -2.59. The molecule has 24 nitrogen and oxygen atoms in total.